The number of hydrogen-bond donors (Lipinski definition) is 1. The van der Waals surface area contributed by atoms with Gasteiger partial charge in [0.2, 0.25) is 5.91 Å². The van der Waals surface area contributed by atoms with E-state index in [0.717, 1.165) is 33.5 Å². The topological polar surface area (TPSA) is 64.4 Å². The molecule has 0 bridgehead atoms. The third-order valence-electron chi connectivity index (χ3n) is 4.75. The molecule has 6 heteroatoms. The van der Waals surface area contributed by atoms with Crippen molar-refractivity contribution >= 4 is 21.8 Å². The Labute approximate surface area is 172 Å². The number of aromatic nitrogens is 1. The molecule has 1 atom stereocenters. The molecule has 0 aliphatic carbocycles. The molecule has 2 heterocycles. The van der Waals surface area contributed by atoms with Crippen LogP contribution in [0.2, 0.25) is 0 Å². The maximum atomic E-state index is 12.4. The summed E-state index contributed by atoms with van der Waals surface area (Å²) in [6.07, 6.45) is 4.27. The average Bonchev–Trinajstić information content (AvgIpc) is 3.18. The van der Waals surface area contributed by atoms with Crippen molar-refractivity contribution in [1.29, 1.82) is 0 Å². The molecular weight excluding hydrogens is 420 g/mol. The number of carbonyl (C=O) groups excluding carboxylic acids is 1. The van der Waals surface area contributed by atoms with Crippen LogP contribution in [0.15, 0.2) is 63.6 Å². The molecule has 5 nitrogen and oxygen atoms in total. The number of ether oxygens (including phenoxy) is 1. The summed E-state index contributed by atoms with van der Waals surface area (Å²) in [4.78, 5) is 16.7. The summed E-state index contributed by atoms with van der Waals surface area (Å²) < 4.78 is 12.5. The van der Waals surface area contributed by atoms with Crippen LogP contribution in [0.5, 0.6) is 5.75 Å². The maximum absolute atomic E-state index is 12.4. The SMILES string of the molecule is O=C(CCCc1ncc(-c2ccccc2)o1)NC1CCOc2ccc(Br)cc21. The van der Waals surface area contributed by atoms with E-state index in [9.17, 15) is 4.79 Å². The Hall–Kier alpha value is -2.60. The molecule has 1 N–H and O–H groups in total. The van der Waals surface area contributed by atoms with Crippen molar-refractivity contribution in [3.05, 3.63) is 70.7 Å². The highest BCUT2D eigenvalue weighted by molar-refractivity contribution is 9.10. The van der Waals surface area contributed by atoms with Crippen molar-refractivity contribution in [3.8, 4) is 17.1 Å². The van der Waals surface area contributed by atoms with E-state index >= 15 is 0 Å². The average molecular weight is 441 g/mol. The number of fused-ring (bicyclic) bond motifs is 1. The van der Waals surface area contributed by atoms with E-state index in [4.69, 9.17) is 9.15 Å². The molecule has 144 valence electrons. The fourth-order valence-electron chi connectivity index (χ4n) is 3.34. The van der Waals surface area contributed by atoms with Crippen LogP contribution < -0.4 is 10.1 Å². The summed E-state index contributed by atoms with van der Waals surface area (Å²) in [5.74, 6) is 2.29. The van der Waals surface area contributed by atoms with Gasteiger partial charge in [0.15, 0.2) is 11.7 Å². The van der Waals surface area contributed by atoms with Crippen LogP contribution in [-0.4, -0.2) is 17.5 Å². The Bertz CT molecular complexity index is 955. The summed E-state index contributed by atoms with van der Waals surface area (Å²) >= 11 is 3.49. The molecule has 0 saturated carbocycles. The number of amides is 1. The van der Waals surface area contributed by atoms with Crippen LogP contribution in [0.3, 0.4) is 0 Å². The van der Waals surface area contributed by atoms with Crippen molar-refractivity contribution in [2.24, 2.45) is 0 Å². The number of carbonyl (C=O) groups is 1. The van der Waals surface area contributed by atoms with Crippen LogP contribution in [0.1, 0.15) is 36.8 Å². The summed E-state index contributed by atoms with van der Waals surface area (Å²) in [5, 5.41) is 3.13. The quantitative estimate of drug-likeness (QED) is 0.581. The summed E-state index contributed by atoms with van der Waals surface area (Å²) in [6, 6.07) is 15.8. The first kappa shape index (κ1) is 18.7. The first-order valence-electron chi connectivity index (χ1n) is 9.41. The molecule has 1 unspecified atom stereocenters. The Morgan fingerprint density at radius 2 is 2.07 bits per heavy atom. The number of oxazole rings is 1. The molecule has 1 aromatic heterocycles. The first-order valence-corrected chi connectivity index (χ1v) is 10.2. The monoisotopic (exact) mass is 440 g/mol. The first-order chi connectivity index (χ1) is 13.7. The van der Waals surface area contributed by atoms with Gasteiger partial charge in [0.25, 0.3) is 0 Å². The molecule has 0 spiro atoms. The van der Waals surface area contributed by atoms with Crippen LogP contribution in [0, 0.1) is 0 Å². The number of nitrogens with zero attached hydrogens (tertiary/aromatic N) is 1. The van der Waals surface area contributed by atoms with Gasteiger partial charge in [0.05, 0.1) is 18.8 Å². The van der Waals surface area contributed by atoms with E-state index in [1.807, 2.05) is 48.5 Å². The van der Waals surface area contributed by atoms with Gasteiger partial charge in [-0.1, -0.05) is 46.3 Å². The summed E-state index contributed by atoms with van der Waals surface area (Å²) in [5.41, 5.74) is 2.03. The number of benzene rings is 2. The summed E-state index contributed by atoms with van der Waals surface area (Å²) in [6.45, 7) is 0.609. The zero-order valence-corrected chi connectivity index (χ0v) is 16.9. The Morgan fingerprint density at radius 3 is 2.93 bits per heavy atom. The van der Waals surface area contributed by atoms with E-state index in [1.165, 1.54) is 0 Å². The fraction of sp³-hybridized carbons (Fsp3) is 0.273. The van der Waals surface area contributed by atoms with Crippen molar-refractivity contribution in [3.63, 3.8) is 0 Å². The molecule has 1 amide bonds. The van der Waals surface area contributed by atoms with Gasteiger partial charge in [-0.05, 0) is 24.6 Å². The van der Waals surface area contributed by atoms with E-state index in [-0.39, 0.29) is 11.9 Å². The maximum Gasteiger partial charge on any atom is 0.220 e. The van der Waals surface area contributed by atoms with Crippen LogP contribution in [0.25, 0.3) is 11.3 Å². The third-order valence-corrected chi connectivity index (χ3v) is 5.25. The number of halogens is 1. The normalized spacial score (nSPS) is 15.5. The molecule has 0 saturated heterocycles. The van der Waals surface area contributed by atoms with E-state index in [1.54, 1.807) is 6.20 Å². The molecule has 0 radical (unpaired) electrons. The van der Waals surface area contributed by atoms with Gasteiger partial charge < -0.3 is 14.5 Å². The van der Waals surface area contributed by atoms with Gasteiger partial charge in [-0.25, -0.2) is 4.98 Å². The Morgan fingerprint density at radius 1 is 1.21 bits per heavy atom. The minimum atomic E-state index is -0.0137. The van der Waals surface area contributed by atoms with Gasteiger partial charge >= 0.3 is 0 Å². The predicted octanol–water partition coefficient (Wildman–Crippen LogP) is 5.07. The Balaban J connectivity index is 1.29. The zero-order chi connectivity index (χ0) is 19.3. The highest BCUT2D eigenvalue weighted by atomic mass is 79.9. The lowest BCUT2D eigenvalue weighted by Gasteiger charge is -2.27. The van der Waals surface area contributed by atoms with E-state index in [0.29, 0.717) is 31.8 Å². The zero-order valence-electron chi connectivity index (χ0n) is 15.4. The van der Waals surface area contributed by atoms with Gasteiger partial charge in [-0.2, -0.15) is 0 Å². The number of hydrogen-bond acceptors (Lipinski definition) is 4. The molecule has 0 fully saturated rings. The summed E-state index contributed by atoms with van der Waals surface area (Å²) in [7, 11) is 0. The minimum Gasteiger partial charge on any atom is -0.493 e. The number of nitrogens with one attached hydrogen (secondary N) is 1. The van der Waals surface area contributed by atoms with Crippen molar-refractivity contribution < 1.29 is 13.9 Å². The minimum absolute atomic E-state index is 0.0137. The van der Waals surface area contributed by atoms with Crippen LogP contribution in [-0.2, 0) is 11.2 Å². The highest BCUT2D eigenvalue weighted by Crippen LogP contribution is 2.34. The predicted molar refractivity (Wildman–Crippen MR) is 110 cm³/mol. The van der Waals surface area contributed by atoms with Crippen LogP contribution in [0.4, 0.5) is 0 Å². The van der Waals surface area contributed by atoms with Crippen molar-refractivity contribution in [2.75, 3.05) is 6.61 Å². The second kappa shape index (κ2) is 8.61. The lowest BCUT2D eigenvalue weighted by atomic mass is 10.0. The lowest BCUT2D eigenvalue weighted by Crippen LogP contribution is -2.32. The smallest absolute Gasteiger partial charge is 0.220 e. The molecule has 2 aromatic carbocycles. The number of rotatable bonds is 6. The van der Waals surface area contributed by atoms with Gasteiger partial charge in [-0.3, -0.25) is 4.79 Å². The third kappa shape index (κ3) is 4.44. The van der Waals surface area contributed by atoms with Crippen molar-refractivity contribution in [2.45, 2.75) is 31.7 Å². The van der Waals surface area contributed by atoms with Crippen LogP contribution >= 0.6 is 15.9 Å². The molecule has 3 aromatic rings. The van der Waals surface area contributed by atoms with E-state index < -0.39 is 0 Å². The van der Waals surface area contributed by atoms with E-state index in [2.05, 4.69) is 26.2 Å². The molecule has 28 heavy (non-hydrogen) atoms. The van der Waals surface area contributed by atoms with Gasteiger partial charge in [-0.15, -0.1) is 0 Å². The number of aryl methyl sites for hydroxylation is 1. The molecular formula is C22H21BrN2O3. The Kier molecular flexibility index (Phi) is 5.76. The second-order valence-corrected chi connectivity index (χ2v) is 7.69. The molecule has 4 rings (SSSR count). The van der Waals surface area contributed by atoms with Gasteiger partial charge in [0.1, 0.15) is 5.75 Å². The molecule has 1 aliphatic rings. The van der Waals surface area contributed by atoms with Crippen molar-refractivity contribution in [1.82, 2.24) is 10.3 Å². The standard InChI is InChI=1S/C22H21BrN2O3/c23-16-9-10-19-17(13-16)18(11-12-27-19)25-21(26)7-4-8-22-24-14-20(28-22)15-5-2-1-3-6-15/h1-3,5-6,9-10,13-14,18H,4,7-8,11-12H2,(H,25,26). The highest BCUT2D eigenvalue weighted by Gasteiger charge is 2.23. The molecule has 1 aliphatic heterocycles. The second-order valence-electron chi connectivity index (χ2n) is 6.78. The van der Waals surface area contributed by atoms with Gasteiger partial charge in [0, 0.05) is 34.9 Å². The lowest BCUT2D eigenvalue weighted by molar-refractivity contribution is -0.122. The largest absolute Gasteiger partial charge is 0.493 e. The fourth-order valence-corrected chi connectivity index (χ4v) is 3.72.